The molecule has 0 aliphatic carbocycles. The molecule has 0 amide bonds. The van der Waals surface area contributed by atoms with Crippen LogP contribution in [0.25, 0.3) is 44.0 Å². The smallest absolute Gasteiger partial charge is 0.199 e. The van der Waals surface area contributed by atoms with E-state index >= 15 is 0 Å². The van der Waals surface area contributed by atoms with Crippen LogP contribution in [0, 0.1) is 13.8 Å². The molecule has 0 aliphatic rings. The molecule has 0 radical (unpaired) electrons. The summed E-state index contributed by atoms with van der Waals surface area (Å²) in [5.41, 5.74) is 6.84. The summed E-state index contributed by atoms with van der Waals surface area (Å²) in [4.78, 5) is 18.6. The van der Waals surface area contributed by atoms with Gasteiger partial charge in [0.1, 0.15) is 5.65 Å². The van der Waals surface area contributed by atoms with Gasteiger partial charge in [0, 0.05) is 23.4 Å². The van der Waals surface area contributed by atoms with Crippen molar-refractivity contribution in [2.45, 2.75) is 13.8 Å². The Morgan fingerprint density at radius 3 is 2.43 bits per heavy atom. The molecule has 2 aromatic heterocycles. The molecule has 0 unspecified atom stereocenters. The van der Waals surface area contributed by atoms with Crippen molar-refractivity contribution in [3.05, 3.63) is 88.1 Å². The van der Waals surface area contributed by atoms with Gasteiger partial charge in [-0.15, -0.1) is 0 Å². The molecule has 136 valence electrons. The second kappa shape index (κ2) is 6.03. The maximum Gasteiger partial charge on any atom is 0.199 e. The highest BCUT2D eigenvalue weighted by atomic mass is 16.1. The lowest BCUT2D eigenvalue weighted by molar-refractivity contribution is 0.976. The average molecular weight is 364 g/mol. The monoisotopic (exact) mass is 364 g/mol. The fourth-order valence-corrected chi connectivity index (χ4v) is 4.25. The number of pyridine rings is 2. The van der Waals surface area contributed by atoms with Crippen molar-refractivity contribution in [2.24, 2.45) is 7.05 Å². The topological polar surface area (TPSA) is 34.9 Å². The summed E-state index contributed by atoms with van der Waals surface area (Å²) >= 11 is 0. The van der Waals surface area contributed by atoms with Gasteiger partial charge >= 0.3 is 0 Å². The molecule has 5 aromatic rings. The molecule has 0 bridgehead atoms. The Morgan fingerprint density at radius 1 is 0.857 bits per heavy atom. The molecule has 0 aliphatic heterocycles. The SMILES string of the molecule is Cc1ccc2nc3c(c(-c4ccccc4)c2c1)c(=O)c1cccc(C)c1n3C. The summed E-state index contributed by atoms with van der Waals surface area (Å²) < 4.78 is 2.06. The van der Waals surface area contributed by atoms with Crippen molar-refractivity contribution in [1.82, 2.24) is 9.55 Å². The van der Waals surface area contributed by atoms with Crippen LogP contribution >= 0.6 is 0 Å². The summed E-state index contributed by atoms with van der Waals surface area (Å²) in [5, 5.41) is 2.44. The molecule has 0 spiro atoms. The second-order valence-corrected chi connectivity index (χ2v) is 7.43. The minimum absolute atomic E-state index is 0.0431. The van der Waals surface area contributed by atoms with Gasteiger partial charge < -0.3 is 4.57 Å². The predicted molar refractivity (Wildman–Crippen MR) is 117 cm³/mol. The summed E-state index contributed by atoms with van der Waals surface area (Å²) in [7, 11) is 2.00. The number of fused-ring (bicyclic) bond motifs is 3. The van der Waals surface area contributed by atoms with Crippen LogP contribution in [0.5, 0.6) is 0 Å². The average Bonchev–Trinajstić information content (AvgIpc) is 2.71. The molecule has 28 heavy (non-hydrogen) atoms. The second-order valence-electron chi connectivity index (χ2n) is 7.43. The molecule has 0 fully saturated rings. The number of nitrogens with zero attached hydrogens (tertiary/aromatic N) is 2. The van der Waals surface area contributed by atoms with Crippen molar-refractivity contribution in [2.75, 3.05) is 0 Å². The van der Waals surface area contributed by atoms with Crippen molar-refractivity contribution in [3.8, 4) is 11.1 Å². The zero-order chi connectivity index (χ0) is 19.4. The maximum absolute atomic E-state index is 13.7. The highest BCUT2D eigenvalue weighted by molar-refractivity contribution is 6.11. The third-order valence-corrected chi connectivity index (χ3v) is 5.55. The number of para-hydroxylation sites is 1. The van der Waals surface area contributed by atoms with E-state index in [1.54, 1.807) is 0 Å². The number of aryl methyl sites for hydroxylation is 3. The van der Waals surface area contributed by atoms with E-state index in [-0.39, 0.29) is 5.43 Å². The number of rotatable bonds is 1. The summed E-state index contributed by atoms with van der Waals surface area (Å²) in [6, 6.07) is 22.3. The fraction of sp³-hybridized carbons (Fsp3) is 0.120. The van der Waals surface area contributed by atoms with E-state index in [0.717, 1.165) is 49.7 Å². The third kappa shape index (κ3) is 2.29. The standard InChI is InChI=1S/C25H20N2O/c1-15-12-13-20-19(14-15)21(17-9-5-4-6-10-17)22-24(28)18-11-7-8-16(2)23(18)27(3)25(22)26-20/h4-14H,1-3H3. The van der Waals surface area contributed by atoms with Gasteiger partial charge in [0.2, 0.25) is 0 Å². The van der Waals surface area contributed by atoms with E-state index < -0.39 is 0 Å². The van der Waals surface area contributed by atoms with Crippen LogP contribution in [0.15, 0.2) is 71.5 Å². The Morgan fingerprint density at radius 2 is 1.64 bits per heavy atom. The van der Waals surface area contributed by atoms with E-state index in [2.05, 4.69) is 35.8 Å². The Labute approximate surface area is 162 Å². The first-order valence-corrected chi connectivity index (χ1v) is 9.44. The molecule has 0 saturated heterocycles. The van der Waals surface area contributed by atoms with Crippen molar-refractivity contribution >= 4 is 32.8 Å². The highest BCUT2D eigenvalue weighted by Gasteiger charge is 2.18. The summed E-state index contributed by atoms with van der Waals surface area (Å²) in [6.45, 7) is 4.11. The number of hydrogen-bond acceptors (Lipinski definition) is 2. The highest BCUT2D eigenvalue weighted by Crippen LogP contribution is 2.35. The first-order chi connectivity index (χ1) is 13.6. The molecule has 3 aromatic carbocycles. The van der Waals surface area contributed by atoms with Gasteiger partial charge in [-0.25, -0.2) is 4.98 Å². The normalized spacial score (nSPS) is 11.5. The van der Waals surface area contributed by atoms with Gasteiger partial charge in [-0.1, -0.05) is 54.1 Å². The number of aromatic nitrogens is 2. The van der Waals surface area contributed by atoms with Gasteiger partial charge in [0.05, 0.1) is 16.4 Å². The lowest BCUT2D eigenvalue weighted by Crippen LogP contribution is -2.13. The lowest BCUT2D eigenvalue weighted by Gasteiger charge is -2.16. The number of hydrogen-bond donors (Lipinski definition) is 0. The molecule has 2 heterocycles. The molecule has 0 atom stereocenters. The number of benzene rings is 3. The molecule has 0 saturated carbocycles. The van der Waals surface area contributed by atoms with Crippen LogP contribution in [0.3, 0.4) is 0 Å². The third-order valence-electron chi connectivity index (χ3n) is 5.55. The Bertz CT molecular complexity index is 1450. The van der Waals surface area contributed by atoms with E-state index in [9.17, 15) is 4.79 Å². The van der Waals surface area contributed by atoms with Crippen LogP contribution in [-0.4, -0.2) is 9.55 Å². The lowest BCUT2D eigenvalue weighted by atomic mass is 9.95. The van der Waals surface area contributed by atoms with Crippen LogP contribution < -0.4 is 5.43 Å². The van der Waals surface area contributed by atoms with Crippen LogP contribution in [0.1, 0.15) is 11.1 Å². The first-order valence-electron chi connectivity index (χ1n) is 9.44. The fourth-order valence-electron chi connectivity index (χ4n) is 4.25. The van der Waals surface area contributed by atoms with Crippen molar-refractivity contribution in [3.63, 3.8) is 0 Å². The zero-order valence-corrected chi connectivity index (χ0v) is 16.2. The predicted octanol–water partition coefficient (Wildman–Crippen LogP) is 5.52. The Hall–Kier alpha value is -3.46. The van der Waals surface area contributed by atoms with Crippen LogP contribution in [0.4, 0.5) is 0 Å². The Balaban J connectivity index is 2.14. The first kappa shape index (κ1) is 16.7. The molecular formula is C25H20N2O. The molecule has 5 rings (SSSR count). The maximum atomic E-state index is 13.7. The van der Waals surface area contributed by atoms with Gasteiger partial charge in [0.25, 0.3) is 0 Å². The molecule has 3 heteroatoms. The molecule has 3 nitrogen and oxygen atoms in total. The molecule has 0 N–H and O–H groups in total. The van der Waals surface area contributed by atoms with Gasteiger partial charge in [-0.05, 0) is 43.2 Å². The zero-order valence-electron chi connectivity index (χ0n) is 16.2. The van der Waals surface area contributed by atoms with Gasteiger partial charge in [0.15, 0.2) is 5.43 Å². The molecular weight excluding hydrogens is 344 g/mol. The minimum atomic E-state index is 0.0431. The van der Waals surface area contributed by atoms with Crippen molar-refractivity contribution in [1.29, 1.82) is 0 Å². The Kier molecular flexibility index (Phi) is 3.59. The summed E-state index contributed by atoms with van der Waals surface area (Å²) in [5.74, 6) is 0. The van der Waals surface area contributed by atoms with E-state index in [0.29, 0.717) is 5.39 Å². The quantitative estimate of drug-likeness (QED) is 0.367. The summed E-state index contributed by atoms with van der Waals surface area (Å²) in [6.07, 6.45) is 0. The minimum Gasteiger partial charge on any atom is -0.328 e. The largest absolute Gasteiger partial charge is 0.328 e. The van der Waals surface area contributed by atoms with Gasteiger partial charge in [-0.2, -0.15) is 0 Å². The van der Waals surface area contributed by atoms with Crippen LogP contribution in [0.2, 0.25) is 0 Å². The van der Waals surface area contributed by atoms with Crippen molar-refractivity contribution < 1.29 is 0 Å². The van der Waals surface area contributed by atoms with E-state index in [4.69, 9.17) is 4.98 Å². The van der Waals surface area contributed by atoms with Gasteiger partial charge in [-0.3, -0.25) is 4.79 Å². The van der Waals surface area contributed by atoms with E-state index in [1.807, 2.05) is 56.4 Å². The van der Waals surface area contributed by atoms with E-state index in [1.165, 1.54) is 0 Å². The van der Waals surface area contributed by atoms with Crippen LogP contribution in [-0.2, 0) is 7.05 Å².